The van der Waals surface area contributed by atoms with Crippen LogP contribution in [0.25, 0.3) is 11.3 Å². The van der Waals surface area contributed by atoms with Crippen molar-refractivity contribution in [3.05, 3.63) is 52.2 Å². The number of fused-ring (bicyclic) bond motifs is 3. The number of hydrogen-bond donors (Lipinski definition) is 1. The Kier molecular flexibility index (Phi) is 3.69. The van der Waals surface area contributed by atoms with Crippen LogP contribution < -0.4 is 5.32 Å². The number of rotatable bonds is 3. The third-order valence-electron chi connectivity index (χ3n) is 4.25. The molecule has 0 saturated carbocycles. The fraction of sp³-hybridized carbons (Fsp3) is 0.278. The number of aromatic nitrogens is 3. The van der Waals surface area contributed by atoms with Crippen molar-refractivity contribution in [3.8, 4) is 11.3 Å². The quantitative estimate of drug-likeness (QED) is 0.792. The number of nitrogens with one attached hydrogen (secondary N) is 1. The largest absolute Gasteiger partial charge is 0.296 e. The van der Waals surface area contributed by atoms with E-state index in [0.29, 0.717) is 17.4 Å². The highest BCUT2D eigenvalue weighted by atomic mass is 32.1. The summed E-state index contributed by atoms with van der Waals surface area (Å²) in [7, 11) is 0. The van der Waals surface area contributed by atoms with Crippen LogP contribution in [0, 0.1) is 6.92 Å². The number of aryl methyl sites for hydroxylation is 4. The van der Waals surface area contributed by atoms with Crippen LogP contribution in [-0.2, 0) is 19.4 Å². The molecule has 1 amide bonds. The first kappa shape index (κ1) is 15.1. The molecule has 0 aliphatic heterocycles. The molecule has 1 aliphatic rings. The second kappa shape index (κ2) is 5.87. The lowest BCUT2D eigenvalue weighted by atomic mass is 9.94. The van der Waals surface area contributed by atoms with E-state index in [1.54, 1.807) is 16.0 Å². The number of amides is 1. The van der Waals surface area contributed by atoms with Gasteiger partial charge < -0.3 is 0 Å². The van der Waals surface area contributed by atoms with Crippen molar-refractivity contribution in [3.63, 3.8) is 0 Å². The fourth-order valence-corrected chi connectivity index (χ4v) is 4.10. The summed E-state index contributed by atoms with van der Waals surface area (Å²) in [4.78, 5) is 18.5. The summed E-state index contributed by atoms with van der Waals surface area (Å²) < 4.78 is 1.72. The molecule has 2 aromatic heterocycles. The van der Waals surface area contributed by atoms with E-state index >= 15 is 0 Å². The Bertz CT molecular complexity index is 925. The molecule has 2 heterocycles. The van der Waals surface area contributed by atoms with Crippen molar-refractivity contribution in [2.45, 2.75) is 33.2 Å². The van der Waals surface area contributed by atoms with Gasteiger partial charge >= 0.3 is 0 Å². The number of benzene rings is 1. The first-order valence-electron chi connectivity index (χ1n) is 8.09. The summed E-state index contributed by atoms with van der Waals surface area (Å²) in [6.07, 6.45) is 2.01. The van der Waals surface area contributed by atoms with Crippen molar-refractivity contribution in [1.29, 1.82) is 0 Å². The van der Waals surface area contributed by atoms with Crippen molar-refractivity contribution in [2.75, 3.05) is 5.32 Å². The van der Waals surface area contributed by atoms with Gasteiger partial charge in [0.05, 0.1) is 11.4 Å². The maximum atomic E-state index is 12.6. The van der Waals surface area contributed by atoms with Gasteiger partial charge in [-0.2, -0.15) is 5.10 Å². The second-order valence-electron chi connectivity index (χ2n) is 5.89. The summed E-state index contributed by atoms with van der Waals surface area (Å²) >= 11 is 1.57. The van der Waals surface area contributed by atoms with Gasteiger partial charge in [0.15, 0.2) is 5.13 Å². The van der Waals surface area contributed by atoms with E-state index in [9.17, 15) is 4.79 Å². The molecule has 1 N–H and O–H groups in total. The van der Waals surface area contributed by atoms with Crippen molar-refractivity contribution in [1.82, 2.24) is 14.8 Å². The van der Waals surface area contributed by atoms with Crippen LogP contribution in [0.3, 0.4) is 0 Å². The highest BCUT2D eigenvalue weighted by molar-refractivity contribution is 7.16. The molecular weight excluding hydrogens is 320 g/mol. The zero-order valence-electron chi connectivity index (χ0n) is 13.7. The van der Waals surface area contributed by atoms with Gasteiger partial charge in [-0.25, -0.2) is 4.98 Å². The minimum absolute atomic E-state index is 0.156. The van der Waals surface area contributed by atoms with Crippen LogP contribution >= 0.6 is 11.3 Å². The third-order valence-corrected chi connectivity index (χ3v) is 5.28. The first-order valence-corrected chi connectivity index (χ1v) is 8.91. The molecule has 0 radical (unpaired) electrons. The predicted octanol–water partition coefficient (Wildman–Crippen LogP) is 3.69. The van der Waals surface area contributed by atoms with E-state index in [-0.39, 0.29) is 5.91 Å². The van der Waals surface area contributed by atoms with E-state index in [0.717, 1.165) is 24.2 Å². The minimum Gasteiger partial charge on any atom is -0.296 e. The summed E-state index contributed by atoms with van der Waals surface area (Å²) in [6, 6.07) is 10.2. The lowest BCUT2D eigenvalue weighted by Gasteiger charge is -2.13. The number of nitrogens with zero attached hydrogens (tertiary/aromatic N) is 3. The highest BCUT2D eigenvalue weighted by Crippen LogP contribution is 2.38. The van der Waals surface area contributed by atoms with Crippen molar-refractivity contribution >= 4 is 22.4 Å². The molecule has 0 unspecified atom stereocenters. The van der Waals surface area contributed by atoms with E-state index in [4.69, 9.17) is 0 Å². The lowest BCUT2D eigenvalue weighted by molar-refractivity contribution is 0.101. The standard InChI is InChI=1S/C18H18N4OS/c1-3-22-14(10-11(2)21-22)17(23)20-18-19-16-13-7-5-4-6-12(13)8-9-15(16)24-18/h4-7,10H,3,8-9H2,1-2H3,(H,19,20,23). The maximum Gasteiger partial charge on any atom is 0.275 e. The van der Waals surface area contributed by atoms with Gasteiger partial charge in [0.1, 0.15) is 5.69 Å². The number of carbonyl (C=O) groups excluding carboxylic acids is 1. The van der Waals surface area contributed by atoms with Gasteiger partial charge in [-0.05, 0) is 38.3 Å². The molecule has 5 nitrogen and oxygen atoms in total. The van der Waals surface area contributed by atoms with Crippen LogP contribution in [0.5, 0.6) is 0 Å². The lowest BCUT2D eigenvalue weighted by Crippen LogP contribution is -2.17. The monoisotopic (exact) mass is 338 g/mol. The Morgan fingerprint density at radius 1 is 1.33 bits per heavy atom. The zero-order chi connectivity index (χ0) is 16.7. The van der Waals surface area contributed by atoms with Gasteiger partial charge in [0.25, 0.3) is 5.91 Å². The molecule has 6 heteroatoms. The molecule has 0 atom stereocenters. The number of carbonyl (C=O) groups is 1. The summed E-state index contributed by atoms with van der Waals surface area (Å²) in [5.41, 5.74) is 4.94. The summed E-state index contributed by atoms with van der Waals surface area (Å²) in [6.45, 7) is 4.53. The summed E-state index contributed by atoms with van der Waals surface area (Å²) in [5, 5.41) is 7.92. The Balaban J connectivity index is 1.63. The van der Waals surface area contributed by atoms with Crippen LogP contribution in [0.1, 0.15) is 33.5 Å². The van der Waals surface area contributed by atoms with E-state index in [1.807, 2.05) is 26.0 Å². The maximum absolute atomic E-state index is 12.6. The van der Waals surface area contributed by atoms with Crippen LogP contribution in [-0.4, -0.2) is 20.7 Å². The van der Waals surface area contributed by atoms with E-state index in [2.05, 4.69) is 33.6 Å². The van der Waals surface area contributed by atoms with Gasteiger partial charge in [-0.3, -0.25) is 14.8 Å². The first-order chi connectivity index (χ1) is 11.7. The SMILES string of the molecule is CCn1nc(C)cc1C(=O)Nc1nc2c(s1)CCc1ccccc1-2. The Labute approximate surface area is 144 Å². The topological polar surface area (TPSA) is 59.8 Å². The number of thiazole rings is 1. The van der Waals surface area contributed by atoms with Crippen LogP contribution in [0.4, 0.5) is 5.13 Å². The van der Waals surface area contributed by atoms with Crippen LogP contribution in [0.15, 0.2) is 30.3 Å². The molecule has 122 valence electrons. The van der Waals surface area contributed by atoms with Gasteiger partial charge in [-0.1, -0.05) is 24.3 Å². The normalized spacial score (nSPS) is 12.6. The van der Waals surface area contributed by atoms with Gasteiger partial charge in [0.2, 0.25) is 0 Å². The van der Waals surface area contributed by atoms with E-state index in [1.165, 1.54) is 16.0 Å². The zero-order valence-corrected chi connectivity index (χ0v) is 14.5. The van der Waals surface area contributed by atoms with E-state index < -0.39 is 0 Å². The fourth-order valence-electron chi connectivity index (χ4n) is 3.13. The molecule has 0 fully saturated rings. The smallest absolute Gasteiger partial charge is 0.275 e. The Hall–Kier alpha value is -2.47. The van der Waals surface area contributed by atoms with Crippen molar-refractivity contribution in [2.24, 2.45) is 0 Å². The molecule has 4 rings (SSSR count). The Morgan fingerprint density at radius 3 is 3.00 bits per heavy atom. The highest BCUT2D eigenvalue weighted by Gasteiger charge is 2.22. The predicted molar refractivity (Wildman–Crippen MR) is 95.5 cm³/mol. The van der Waals surface area contributed by atoms with Crippen molar-refractivity contribution < 1.29 is 4.79 Å². The summed E-state index contributed by atoms with van der Waals surface area (Å²) in [5.74, 6) is -0.156. The molecule has 0 saturated heterocycles. The average molecular weight is 338 g/mol. The van der Waals surface area contributed by atoms with Gasteiger partial charge in [0, 0.05) is 17.0 Å². The number of anilines is 1. The molecule has 0 bridgehead atoms. The molecule has 1 aromatic carbocycles. The second-order valence-corrected chi connectivity index (χ2v) is 6.97. The Morgan fingerprint density at radius 2 is 2.17 bits per heavy atom. The molecule has 3 aromatic rings. The molecule has 0 spiro atoms. The molecular formula is C18H18N4OS. The third kappa shape index (κ3) is 2.53. The van der Waals surface area contributed by atoms with Crippen LogP contribution in [0.2, 0.25) is 0 Å². The molecule has 24 heavy (non-hydrogen) atoms. The minimum atomic E-state index is -0.156. The number of hydrogen-bond acceptors (Lipinski definition) is 4. The average Bonchev–Trinajstić information content (AvgIpc) is 3.17. The molecule has 1 aliphatic carbocycles. The van der Waals surface area contributed by atoms with Gasteiger partial charge in [-0.15, -0.1) is 11.3 Å².